The fourth-order valence-corrected chi connectivity index (χ4v) is 5.92. The number of carbonyl (C=O) groups is 4. The van der Waals surface area contributed by atoms with Gasteiger partial charge in [0.05, 0.1) is 12.1 Å². The van der Waals surface area contributed by atoms with Gasteiger partial charge in [-0.05, 0) is 41.7 Å². The quantitative estimate of drug-likeness (QED) is 0.320. The van der Waals surface area contributed by atoms with Crippen molar-refractivity contribution in [3.05, 3.63) is 35.2 Å². The summed E-state index contributed by atoms with van der Waals surface area (Å²) in [6.45, 7) is 10.4. The molecule has 41 heavy (non-hydrogen) atoms. The number of benzene rings is 1. The summed E-state index contributed by atoms with van der Waals surface area (Å²) in [7, 11) is 0. The van der Waals surface area contributed by atoms with Crippen molar-refractivity contribution in [3.8, 4) is 0 Å². The number of amides is 3. The molecule has 3 amide bonds. The molecule has 1 aromatic carbocycles. The van der Waals surface area contributed by atoms with E-state index in [4.69, 9.17) is 0 Å². The molecule has 1 aromatic heterocycles. The molecular weight excluding hydrogens is 526 g/mol. The molecule has 0 bridgehead atoms. The fourth-order valence-electron chi connectivity index (χ4n) is 5.92. The third-order valence-corrected chi connectivity index (χ3v) is 8.11. The number of carboxylic acids is 1. The summed E-state index contributed by atoms with van der Waals surface area (Å²) in [5.74, 6) is -1.84. The van der Waals surface area contributed by atoms with Crippen LogP contribution < -0.4 is 15.5 Å². The van der Waals surface area contributed by atoms with Crippen LogP contribution in [-0.4, -0.2) is 67.5 Å². The van der Waals surface area contributed by atoms with Crippen molar-refractivity contribution < 1.29 is 24.3 Å². The second-order valence-electron chi connectivity index (χ2n) is 12.5. The summed E-state index contributed by atoms with van der Waals surface area (Å²) in [6, 6.07) is 3.32. The van der Waals surface area contributed by atoms with E-state index in [1.54, 1.807) is 0 Å². The zero-order chi connectivity index (χ0) is 29.9. The summed E-state index contributed by atoms with van der Waals surface area (Å²) in [4.78, 5) is 54.4. The van der Waals surface area contributed by atoms with Crippen molar-refractivity contribution in [2.24, 2.45) is 17.3 Å². The molecule has 5 atom stereocenters. The van der Waals surface area contributed by atoms with Gasteiger partial charge in [0.25, 0.3) is 0 Å². The minimum absolute atomic E-state index is 0.0594. The highest BCUT2D eigenvalue weighted by Crippen LogP contribution is 2.39. The Hall–Kier alpha value is -3.83. The Labute approximate surface area is 240 Å². The second-order valence-corrected chi connectivity index (χ2v) is 12.5. The lowest BCUT2D eigenvalue weighted by Crippen LogP contribution is -2.56. The number of aliphatic carboxylic acids is 1. The summed E-state index contributed by atoms with van der Waals surface area (Å²) in [6.07, 6.45) is 2.56. The van der Waals surface area contributed by atoms with Crippen LogP contribution in [-0.2, 0) is 38.4 Å². The number of tetrazole rings is 1. The molecule has 0 fully saturated rings. The number of para-hydroxylation sites is 1. The van der Waals surface area contributed by atoms with Crippen molar-refractivity contribution in [1.29, 1.82) is 0 Å². The predicted molar refractivity (Wildman–Crippen MR) is 151 cm³/mol. The highest BCUT2D eigenvalue weighted by molar-refractivity contribution is 6.08. The molecule has 12 nitrogen and oxygen atoms in total. The number of H-pyrrole nitrogens is 1. The van der Waals surface area contributed by atoms with Gasteiger partial charge in [0.15, 0.2) is 5.82 Å². The Balaban J connectivity index is 1.58. The summed E-state index contributed by atoms with van der Waals surface area (Å²) in [5, 5.41) is 28.9. The molecule has 2 aromatic rings. The average molecular weight is 568 g/mol. The number of carboxylic acid groups (broad SMARTS) is 1. The predicted octanol–water partition coefficient (Wildman–Crippen LogP) is 2.19. The van der Waals surface area contributed by atoms with Crippen molar-refractivity contribution in [2.45, 2.75) is 97.7 Å². The smallest absolute Gasteiger partial charge is 0.305 e. The number of aromatic amines is 1. The van der Waals surface area contributed by atoms with Crippen molar-refractivity contribution in [1.82, 2.24) is 31.3 Å². The maximum absolute atomic E-state index is 14.1. The normalized spacial score (nSPS) is 20.5. The topological polar surface area (TPSA) is 170 Å². The number of carbonyl (C=O) groups excluding carboxylic acids is 3. The zero-order valence-corrected chi connectivity index (χ0v) is 24.4. The first-order valence-corrected chi connectivity index (χ1v) is 14.4. The van der Waals surface area contributed by atoms with Gasteiger partial charge in [0, 0.05) is 24.8 Å². The Kier molecular flexibility index (Phi) is 9.08. The molecule has 2 aliphatic rings. The van der Waals surface area contributed by atoms with Gasteiger partial charge in [-0.3, -0.25) is 24.1 Å². The Bertz CT molecular complexity index is 1270. The standard InChI is InChI=1S/C29H41N7O5/c1-6-16(2)20(15-29(3,4)5)26(39)31-21-11-10-17-8-7-9-18-12-22(36(25(17)18)28(21)41)27(40)30-19(14-24(37)38)13-23-32-34-35-33-23/h7-9,16,19-22H,6,10-15H2,1-5H3,(H,30,40)(H,31,39)(H,37,38)(H,32,33,34,35)/t16-,19+,20-,21?,22-/m0/s1. The largest absolute Gasteiger partial charge is 0.481 e. The lowest BCUT2D eigenvalue weighted by molar-refractivity contribution is -0.138. The molecule has 3 heterocycles. The molecule has 222 valence electrons. The number of aromatic nitrogens is 4. The van der Waals surface area contributed by atoms with Gasteiger partial charge >= 0.3 is 5.97 Å². The first kappa shape index (κ1) is 30.1. The minimum Gasteiger partial charge on any atom is -0.481 e. The van der Waals surface area contributed by atoms with Gasteiger partial charge < -0.3 is 15.7 Å². The van der Waals surface area contributed by atoms with Crippen LogP contribution in [0.15, 0.2) is 18.2 Å². The lowest BCUT2D eigenvalue weighted by Gasteiger charge is -2.32. The van der Waals surface area contributed by atoms with E-state index in [0.717, 1.165) is 23.2 Å². The van der Waals surface area contributed by atoms with Crippen LogP contribution in [0.2, 0.25) is 0 Å². The Morgan fingerprint density at radius 2 is 1.95 bits per heavy atom. The van der Waals surface area contributed by atoms with Crippen LogP contribution in [0.1, 0.15) is 77.3 Å². The summed E-state index contributed by atoms with van der Waals surface area (Å²) < 4.78 is 0. The number of nitrogens with one attached hydrogen (secondary N) is 3. The number of aryl methyl sites for hydroxylation is 1. The van der Waals surface area contributed by atoms with Crippen molar-refractivity contribution >= 4 is 29.4 Å². The second kappa shape index (κ2) is 12.4. The molecule has 4 N–H and O–H groups in total. The number of anilines is 1. The van der Waals surface area contributed by atoms with Gasteiger partial charge in [-0.25, -0.2) is 0 Å². The molecule has 0 saturated heterocycles. The van der Waals surface area contributed by atoms with Crippen LogP contribution in [0.3, 0.4) is 0 Å². The van der Waals surface area contributed by atoms with Gasteiger partial charge in [-0.1, -0.05) is 64.5 Å². The maximum Gasteiger partial charge on any atom is 0.305 e. The maximum atomic E-state index is 14.1. The third kappa shape index (κ3) is 7.09. The SMILES string of the molecule is CC[C@H](C)[C@H](CC(C)(C)C)C(=O)NC1CCc2cccc3c2N(C1=O)[C@H](C(=O)N[C@@H](CC(=O)O)Cc1nn[nH]n1)C3. The van der Waals surface area contributed by atoms with Crippen LogP contribution in [0.4, 0.5) is 5.69 Å². The molecular formula is C29H41N7O5. The van der Waals surface area contributed by atoms with Gasteiger partial charge in [0.1, 0.15) is 12.1 Å². The zero-order valence-electron chi connectivity index (χ0n) is 24.4. The first-order chi connectivity index (χ1) is 19.4. The number of rotatable bonds is 11. The molecule has 0 aliphatic carbocycles. The van der Waals surface area contributed by atoms with Crippen LogP contribution >= 0.6 is 0 Å². The Morgan fingerprint density at radius 1 is 1.22 bits per heavy atom. The average Bonchev–Trinajstić information content (AvgIpc) is 3.52. The van der Waals surface area contributed by atoms with E-state index in [0.29, 0.717) is 25.7 Å². The van der Waals surface area contributed by atoms with E-state index in [1.165, 1.54) is 4.90 Å². The summed E-state index contributed by atoms with van der Waals surface area (Å²) in [5.41, 5.74) is 2.48. The fraction of sp³-hybridized carbons (Fsp3) is 0.621. The molecule has 0 spiro atoms. The molecule has 12 heteroatoms. The van der Waals surface area contributed by atoms with E-state index in [2.05, 4.69) is 65.9 Å². The van der Waals surface area contributed by atoms with Gasteiger partial charge in [-0.2, -0.15) is 5.21 Å². The van der Waals surface area contributed by atoms with E-state index in [1.807, 2.05) is 18.2 Å². The van der Waals surface area contributed by atoms with Crippen molar-refractivity contribution in [3.63, 3.8) is 0 Å². The summed E-state index contributed by atoms with van der Waals surface area (Å²) >= 11 is 0. The molecule has 0 saturated carbocycles. The molecule has 0 radical (unpaired) electrons. The van der Waals surface area contributed by atoms with Crippen LogP contribution in [0.25, 0.3) is 0 Å². The van der Waals surface area contributed by atoms with E-state index < -0.39 is 30.0 Å². The Morgan fingerprint density at radius 3 is 2.59 bits per heavy atom. The van der Waals surface area contributed by atoms with E-state index in [9.17, 15) is 24.3 Å². The van der Waals surface area contributed by atoms with Gasteiger partial charge in [-0.15, -0.1) is 10.2 Å². The monoisotopic (exact) mass is 567 g/mol. The van der Waals surface area contributed by atoms with Crippen molar-refractivity contribution in [2.75, 3.05) is 4.90 Å². The van der Waals surface area contributed by atoms with E-state index >= 15 is 0 Å². The molecule has 2 aliphatic heterocycles. The van der Waals surface area contributed by atoms with Crippen LogP contribution in [0.5, 0.6) is 0 Å². The third-order valence-electron chi connectivity index (χ3n) is 8.11. The highest BCUT2D eigenvalue weighted by Gasteiger charge is 2.45. The molecule has 1 unspecified atom stereocenters. The molecule has 4 rings (SSSR count). The number of nitrogens with zero attached hydrogens (tertiary/aromatic N) is 4. The van der Waals surface area contributed by atoms with Gasteiger partial charge in [0.2, 0.25) is 17.7 Å². The number of hydrogen-bond donors (Lipinski definition) is 4. The minimum atomic E-state index is -1.09. The number of hydrogen-bond acceptors (Lipinski definition) is 7. The van der Waals surface area contributed by atoms with Crippen LogP contribution in [0, 0.1) is 17.3 Å². The van der Waals surface area contributed by atoms with E-state index in [-0.39, 0.29) is 47.7 Å². The first-order valence-electron chi connectivity index (χ1n) is 14.4. The lowest BCUT2D eigenvalue weighted by atomic mass is 9.77. The highest BCUT2D eigenvalue weighted by atomic mass is 16.4.